The summed E-state index contributed by atoms with van der Waals surface area (Å²) in [5.74, 6) is 1.22. The van der Waals surface area contributed by atoms with Gasteiger partial charge in [0.1, 0.15) is 0 Å². The van der Waals surface area contributed by atoms with E-state index in [2.05, 4.69) is 14.7 Å². The SMILES string of the molecule is [C-]#[N+]c1cnc2cc(OC)c(OCCCN3CCOCC3)cc2c1Cl. The van der Waals surface area contributed by atoms with Gasteiger partial charge in [0, 0.05) is 37.3 Å². The van der Waals surface area contributed by atoms with Crippen LogP contribution in [0.15, 0.2) is 18.3 Å². The van der Waals surface area contributed by atoms with Crippen molar-refractivity contribution in [1.29, 1.82) is 0 Å². The monoisotopic (exact) mass is 361 g/mol. The van der Waals surface area contributed by atoms with E-state index in [0.29, 0.717) is 39.7 Å². The van der Waals surface area contributed by atoms with Gasteiger partial charge < -0.3 is 14.2 Å². The summed E-state index contributed by atoms with van der Waals surface area (Å²) in [6.45, 7) is 12.3. The summed E-state index contributed by atoms with van der Waals surface area (Å²) >= 11 is 6.30. The molecule has 1 aliphatic rings. The molecular formula is C18H20ClN3O3. The highest BCUT2D eigenvalue weighted by Gasteiger charge is 2.13. The first kappa shape index (κ1) is 17.7. The standard InChI is InChI=1S/C18H20ClN3O3/c1-20-15-12-21-14-11-16(23-2)17(10-13(14)18(15)19)25-7-3-4-22-5-8-24-9-6-22/h10-12H,3-9H2,2H3. The first-order valence-electron chi connectivity index (χ1n) is 8.19. The molecule has 0 amide bonds. The summed E-state index contributed by atoms with van der Waals surface area (Å²) in [6.07, 6.45) is 2.38. The summed E-state index contributed by atoms with van der Waals surface area (Å²) in [7, 11) is 1.59. The molecule has 1 aliphatic heterocycles. The normalized spacial score (nSPS) is 15.1. The van der Waals surface area contributed by atoms with Crippen LogP contribution in [0.2, 0.25) is 5.02 Å². The molecule has 3 rings (SSSR count). The van der Waals surface area contributed by atoms with Gasteiger partial charge in [-0.15, -0.1) is 0 Å². The van der Waals surface area contributed by atoms with Gasteiger partial charge in [0.05, 0.1) is 44.0 Å². The number of morpholine rings is 1. The van der Waals surface area contributed by atoms with Crippen molar-refractivity contribution in [3.8, 4) is 11.5 Å². The number of benzene rings is 1. The predicted octanol–water partition coefficient (Wildman–Crippen LogP) is 3.55. The van der Waals surface area contributed by atoms with E-state index in [-0.39, 0.29) is 0 Å². The maximum absolute atomic E-state index is 7.16. The Morgan fingerprint density at radius 1 is 1.32 bits per heavy atom. The van der Waals surface area contributed by atoms with Crippen LogP contribution < -0.4 is 9.47 Å². The Hall–Kier alpha value is -2.07. The minimum atomic E-state index is 0.331. The average Bonchev–Trinajstić information content (AvgIpc) is 2.66. The molecule has 7 heteroatoms. The molecule has 0 spiro atoms. The third-order valence-electron chi connectivity index (χ3n) is 4.17. The predicted molar refractivity (Wildman–Crippen MR) is 96.9 cm³/mol. The average molecular weight is 362 g/mol. The number of hydrogen-bond donors (Lipinski definition) is 0. The molecule has 6 nitrogen and oxygen atoms in total. The van der Waals surface area contributed by atoms with Crippen LogP contribution in [0.1, 0.15) is 6.42 Å². The number of nitrogens with zero attached hydrogens (tertiary/aromatic N) is 3. The molecule has 1 saturated heterocycles. The number of rotatable bonds is 6. The van der Waals surface area contributed by atoms with Crippen molar-refractivity contribution >= 4 is 28.2 Å². The molecule has 0 saturated carbocycles. The summed E-state index contributed by atoms with van der Waals surface area (Å²) < 4.78 is 16.7. The second-order valence-electron chi connectivity index (χ2n) is 5.75. The summed E-state index contributed by atoms with van der Waals surface area (Å²) in [5, 5.41) is 1.08. The molecule has 0 atom stereocenters. The van der Waals surface area contributed by atoms with Gasteiger partial charge >= 0.3 is 0 Å². The summed E-state index contributed by atoms with van der Waals surface area (Å²) in [4.78, 5) is 10.0. The Bertz CT molecular complexity index is 785. The van der Waals surface area contributed by atoms with Crippen LogP contribution >= 0.6 is 11.6 Å². The van der Waals surface area contributed by atoms with E-state index in [1.165, 1.54) is 6.20 Å². The van der Waals surface area contributed by atoms with E-state index < -0.39 is 0 Å². The fourth-order valence-corrected chi connectivity index (χ4v) is 3.04. The van der Waals surface area contributed by atoms with Crippen LogP contribution in [0.3, 0.4) is 0 Å². The van der Waals surface area contributed by atoms with Crippen molar-refractivity contribution in [3.63, 3.8) is 0 Å². The molecule has 2 aromatic rings. The lowest BCUT2D eigenvalue weighted by Crippen LogP contribution is -2.37. The highest BCUT2D eigenvalue weighted by molar-refractivity contribution is 6.38. The second kappa shape index (κ2) is 8.34. The van der Waals surface area contributed by atoms with Crippen LogP contribution in [-0.4, -0.2) is 56.4 Å². The van der Waals surface area contributed by atoms with Gasteiger partial charge in [0.2, 0.25) is 5.69 Å². The van der Waals surface area contributed by atoms with E-state index in [4.69, 9.17) is 32.4 Å². The minimum Gasteiger partial charge on any atom is -0.493 e. The van der Waals surface area contributed by atoms with Gasteiger partial charge in [0.25, 0.3) is 0 Å². The number of fused-ring (bicyclic) bond motifs is 1. The van der Waals surface area contributed by atoms with Crippen molar-refractivity contribution < 1.29 is 14.2 Å². The largest absolute Gasteiger partial charge is 0.493 e. The Labute approximate surface area is 152 Å². The molecule has 1 fully saturated rings. The molecule has 0 radical (unpaired) electrons. The molecule has 0 bridgehead atoms. The number of hydrogen-bond acceptors (Lipinski definition) is 5. The zero-order chi connectivity index (χ0) is 17.6. The van der Waals surface area contributed by atoms with Gasteiger partial charge in [-0.1, -0.05) is 11.6 Å². The fourth-order valence-electron chi connectivity index (χ4n) is 2.80. The van der Waals surface area contributed by atoms with Crippen LogP contribution in [0.5, 0.6) is 11.5 Å². The van der Waals surface area contributed by atoms with Crippen molar-refractivity contribution in [1.82, 2.24) is 9.88 Å². The topological polar surface area (TPSA) is 48.2 Å². The molecule has 25 heavy (non-hydrogen) atoms. The molecule has 0 N–H and O–H groups in total. The van der Waals surface area contributed by atoms with E-state index in [9.17, 15) is 0 Å². The van der Waals surface area contributed by atoms with Crippen LogP contribution in [0, 0.1) is 6.57 Å². The quantitative estimate of drug-likeness (QED) is 0.581. The summed E-state index contributed by atoms with van der Waals surface area (Å²) in [6, 6.07) is 3.58. The number of ether oxygens (including phenoxy) is 3. The first-order valence-corrected chi connectivity index (χ1v) is 8.57. The number of halogens is 1. The zero-order valence-corrected chi connectivity index (χ0v) is 14.9. The van der Waals surface area contributed by atoms with Crippen molar-refractivity contribution in [2.24, 2.45) is 0 Å². The van der Waals surface area contributed by atoms with Crippen molar-refractivity contribution in [3.05, 3.63) is 34.8 Å². The van der Waals surface area contributed by atoms with Crippen LogP contribution in [-0.2, 0) is 4.74 Å². The van der Waals surface area contributed by atoms with Gasteiger partial charge in [-0.05, 0) is 12.5 Å². The Balaban J connectivity index is 1.71. The van der Waals surface area contributed by atoms with Gasteiger partial charge in [-0.3, -0.25) is 9.88 Å². The maximum atomic E-state index is 7.16. The highest BCUT2D eigenvalue weighted by atomic mass is 35.5. The number of aromatic nitrogens is 1. The smallest absolute Gasteiger partial charge is 0.223 e. The fraction of sp³-hybridized carbons (Fsp3) is 0.444. The number of methoxy groups -OCH3 is 1. The molecule has 1 aromatic carbocycles. The zero-order valence-electron chi connectivity index (χ0n) is 14.1. The van der Waals surface area contributed by atoms with Crippen molar-refractivity contribution in [2.45, 2.75) is 6.42 Å². The van der Waals surface area contributed by atoms with Gasteiger partial charge in [-0.2, -0.15) is 0 Å². The maximum Gasteiger partial charge on any atom is 0.223 e. The third-order valence-corrected chi connectivity index (χ3v) is 4.57. The molecular weight excluding hydrogens is 342 g/mol. The molecule has 1 aromatic heterocycles. The molecule has 0 unspecified atom stereocenters. The molecule has 0 aliphatic carbocycles. The Kier molecular flexibility index (Phi) is 5.92. The van der Waals surface area contributed by atoms with Crippen LogP contribution in [0.25, 0.3) is 15.7 Å². The summed E-state index contributed by atoms with van der Waals surface area (Å²) in [5.41, 5.74) is 1.01. The van der Waals surface area contributed by atoms with E-state index in [0.717, 1.165) is 39.3 Å². The second-order valence-corrected chi connectivity index (χ2v) is 6.12. The minimum absolute atomic E-state index is 0.331. The highest BCUT2D eigenvalue weighted by Crippen LogP contribution is 2.38. The lowest BCUT2D eigenvalue weighted by atomic mass is 10.2. The molecule has 2 heterocycles. The first-order chi connectivity index (χ1) is 12.2. The Morgan fingerprint density at radius 2 is 2.12 bits per heavy atom. The van der Waals surface area contributed by atoms with Crippen molar-refractivity contribution in [2.75, 3.05) is 46.6 Å². The third kappa shape index (κ3) is 4.13. The van der Waals surface area contributed by atoms with Gasteiger partial charge in [-0.25, -0.2) is 4.85 Å². The van der Waals surface area contributed by atoms with Gasteiger partial charge in [0.15, 0.2) is 11.5 Å². The Morgan fingerprint density at radius 3 is 2.84 bits per heavy atom. The lowest BCUT2D eigenvalue weighted by molar-refractivity contribution is 0.0357. The van der Waals surface area contributed by atoms with E-state index in [1.807, 2.05) is 0 Å². The molecule has 132 valence electrons. The van der Waals surface area contributed by atoms with Crippen LogP contribution in [0.4, 0.5) is 5.69 Å². The van der Waals surface area contributed by atoms with E-state index >= 15 is 0 Å². The van der Waals surface area contributed by atoms with E-state index in [1.54, 1.807) is 19.2 Å². The number of pyridine rings is 1. The lowest BCUT2D eigenvalue weighted by Gasteiger charge is -2.26.